The number of methoxy groups -OCH3 is 1. The van der Waals surface area contributed by atoms with Gasteiger partial charge in [0.15, 0.2) is 11.5 Å². The Morgan fingerprint density at radius 2 is 2.11 bits per heavy atom. The van der Waals surface area contributed by atoms with E-state index < -0.39 is 0 Å². The number of rotatable bonds is 8. The molecule has 0 unspecified atom stereocenters. The van der Waals surface area contributed by atoms with Crippen LogP contribution in [0.3, 0.4) is 0 Å². The number of hydrogen-bond donors (Lipinski definition) is 0. The molecule has 1 aliphatic rings. The van der Waals surface area contributed by atoms with Gasteiger partial charge in [0.25, 0.3) is 5.91 Å². The van der Waals surface area contributed by atoms with E-state index in [1.807, 2.05) is 30.3 Å². The lowest BCUT2D eigenvalue weighted by molar-refractivity contribution is -0.122. The molecule has 148 valence electrons. The molecule has 1 aromatic carbocycles. The SMILES string of the molecule is COc1cc(C=C2SC(=S)N(Cc3ccco3)C2=O)ccc1OCCC(C)C. The Labute approximate surface area is 174 Å². The van der Waals surface area contributed by atoms with E-state index in [1.54, 1.807) is 24.3 Å². The molecule has 0 atom stereocenters. The van der Waals surface area contributed by atoms with E-state index in [9.17, 15) is 4.79 Å². The number of hydrogen-bond acceptors (Lipinski definition) is 6. The van der Waals surface area contributed by atoms with Crippen LogP contribution in [0.15, 0.2) is 45.9 Å². The second-order valence-corrected chi connectivity index (χ2v) is 8.46. The predicted molar refractivity (Wildman–Crippen MR) is 115 cm³/mol. The Morgan fingerprint density at radius 3 is 2.79 bits per heavy atom. The zero-order valence-corrected chi connectivity index (χ0v) is 17.8. The van der Waals surface area contributed by atoms with Crippen LogP contribution in [-0.2, 0) is 11.3 Å². The van der Waals surface area contributed by atoms with Crippen molar-refractivity contribution in [3.05, 3.63) is 52.8 Å². The average Bonchev–Trinajstić information content (AvgIpc) is 3.27. The molecule has 7 heteroatoms. The summed E-state index contributed by atoms with van der Waals surface area (Å²) in [5, 5.41) is 0. The quantitative estimate of drug-likeness (QED) is 0.439. The molecule has 0 N–H and O–H groups in total. The third kappa shape index (κ3) is 4.97. The number of ether oxygens (including phenoxy) is 2. The van der Waals surface area contributed by atoms with Crippen molar-refractivity contribution in [1.82, 2.24) is 4.90 Å². The summed E-state index contributed by atoms with van der Waals surface area (Å²) in [7, 11) is 1.61. The summed E-state index contributed by atoms with van der Waals surface area (Å²) >= 11 is 6.65. The molecule has 0 saturated carbocycles. The first-order valence-electron chi connectivity index (χ1n) is 9.06. The highest BCUT2D eigenvalue weighted by atomic mass is 32.2. The van der Waals surface area contributed by atoms with Crippen molar-refractivity contribution in [2.24, 2.45) is 5.92 Å². The summed E-state index contributed by atoms with van der Waals surface area (Å²) < 4.78 is 17.1. The standard InChI is InChI=1S/C21H23NO4S2/c1-14(2)8-10-26-17-7-6-15(11-18(17)24-3)12-19-20(23)22(21(27)28-19)13-16-5-4-9-25-16/h4-7,9,11-12,14H,8,10,13H2,1-3H3. The highest BCUT2D eigenvalue weighted by Gasteiger charge is 2.32. The minimum atomic E-state index is -0.123. The van der Waals surface area contributed by atoms with Crippen LogP contribution in [0.5, 0.6) is 11.5 Å². The van der Waals surface area contributed by atoms with Crippen LogP contribution in [0, 0.1) is 5.92 Å². The maximum absolute atomic E-state index is 12.7. The summed E-state index contributed by atoms with van der Waals surface area (Å²) in [6.07, 6.45) is 4.38. The molecule has 2 heterocycles. The lowest BCUT2D eigenvalue weighted by atomic mass is 10.1. The molecule has 0 spiro atoms. The fourth-order valence-corrected chi connectivity index (χ4v) is 3.90. The van der Waals surface area contributed by atoms with Crippen LogP contribution in [-0.4, -0.2) is 28.8 Å². The van der Waals surface area contributed by atoms with Crippen molar-refractivity contribution in [3.8, 4) is 11.5 Å². The maximum Gasteiger partial charge on any atom is 0.266 e. The first-order chi connectivity index (χ1) is 13.5. The Hall–Kier alpha value is -2.25. The first-order valence-corrected chi connectivity index (χ1v) is 10.3. The number of nitrogens with zero attached hydrogens (tertiary/aromatic N) is 1. The molecule has 5 nitrogen and oxygen atoms in total. The van der Waals surface area contributed by atoms with E-state index >= 15 is 0 Å². The smallest absolute Gasteiger partial charge is 0.266 e. The van der Waals surface area contributed by atoms with Crippen molar-refractivity contribution in [2.45, 2.75) is 26.8 Å². The number of carbonyl (C=O) groups is 1. The third-order valence-corrected chi connectivity index (χ3v) is 5.58. The molecule has 1 amide bonds. The lowest BCUT2D eigenvalue weighted by Crippen LogP contribution is -2.27. The number of benzene rings is 1. The third-order valence-electron chi connectivity index (χ3n) is 4.21. The van der Waals surface area contributed by atoms with Gasteiger partial charge in [-0.1, -0.05) is 43.9 Å². The summed E-state index contributed by atoms with van der Waals surface area (Å²) in [5.74, 6) is 2.49. The predicted octanol–water partition coefficient (Wildman–Crippen LogP) is 5.11. The molecule has 1 saturated heterocycles. The van der Waals surface area contributed by atoms with Crippen LogP contribution in [0.2, 0.25) is 0 Å². The molecule has 3 rings (SSSR count). The van der Waals surface area contributed by atoms with E-state index in [1.165, 1.54) is 11.8 Å². The molecule has 0 radical (unpaired) electrons. The highest BCUT2D eigenvalue weighted by molar-refractivity contribution is 8.26. The van der Waals surface area contributed by atoms with Gasteiger partial charge in [-0.25, -0.2) is 0 Å². The Bertz CT molecular complexity index is 875. The number of thioether (sulfide) groups is 1. The molecule has 1 fully saturated rings. The van der Waals surface area contributed by atoms with Crippen LogP contribution >= 0.6 is 24.0 Å². The summed E-state index contributed by atoms with van der Waals surface area (Å²) in [4.78, 5) is 14.8. The van der Waals surface area contributed by atoms with Gasteiger partial charge in [-0.05, 0) is 48.2 Å². The van der Waals surface area contributed by atoms with Gasteiger partial charge >= 0.3 is 0 Å². The topological polar surface area (TPSA) is 51.9 Å². The van der Waals surface area contributed by atoms with Crippen molar-refractivity contribution in [2.75, 3.05) is 13.7 Å². The molecule has 0 bridgehead atoms. The highest BCUT2D eigenvalue weighted by Crippen LogP contribution is 2.35. The molecule has 0 aliphatic carbocycles. The molecular weight excluding hydrogens is 394 g/mol. The van der Waals surface area contributed by atoms with E-state index in [-0.39, 0.29) is 5.91 Å². The number of furan rings is 1. The molecule has 1 aliphatic heterocycles. The summed E-state index contributed by atoms with van der Waals surface area (Å²) in [6.45, 7) is 5.29. The fraction of sp³-hybridized carbons (Fsp3) is 0.333. The minimum Gasteiger partial charge on any atom is -0.493 e. The minimum absolute atomic E-state index is 0.123. The summed E-state index contributed by atoms with van der Waals surface area (Å²) in [6, 6.07) is 9.26. The molecule has 1 aromatic heterocycles. The number of amides is 1. The second-order valence-electron chi connectivity index (χ2n) is 6.79. The van der Waals surface area contributed by atoms with Gasteiger partial charge in [-0.3, -0.25) is 9.69 Å². The van der Waals surface area contributed by atoms with Gasteiger partial charge in [-0.2, -0.15) is 0 Å². The molecule has 28 heavy (non-hydrogen) atoms. The van der Waals surface area contributed by atoms with Gasteiger partial charge in [0.1, 0.15) is 10.1 Å². The lowest BCUT2D eigenvalue weighted by Gasteiger charge is -2.13. The average molecular weight is 418 g/mol. The normalized spacial score (nSPS) is 15.7. The van der Waals surface area contributed by atoms with Gasteiger partial charge in [0, 0.05) is 0 Å². The van der Waals surface area contributed by atoms with E-state index in [0.717, 1.165) is 12.0 Å². The van der Waals surface area contributed by atoms with Crippen molar-refractivity contribution >= 4 is 40.3 Å². The van der Waals surface area contributed by atoms with Gasteiger partial charge in [0.2, 0.25) is 0 Å². The van der Waals surface area contributed by atoms with Crippen molar-refractivity contribution in [1.29, 1.82) is 0 Å². The van der Waals surface area contributed by atoms with Crippen LogP contribution in [0.1, 0.15) is 31.6 Å². The van der Waals surface area contributed by atoms with E-state index in [4.69, 9.17) is 26.1 Å². The van der Waals surface area contributed by atoms with E-state index in [2.05, 4.69) is 13.8 Å². The van der Waals surface area contributed by atoms with Crippen LogP contribution < -0.4 is 9.47 Å². The van der Waals surface area contributed by atoms with Crippen LogP contribution in [0.25, 0.3) is 6.08 Å². The molecule has 2 aromatic rings. The van der Waals surface area contributed by atoms with Gasteiger partial charge in [0.05, 0.1) is 31.4 Å². The van der Waals surface area contributed by atoms with Crippen LogP contribution in [0.4, 0.5) is 0 Å². The number of thiocarbonyl (C=S) groups is 1. The first kappa shape index (κ1) is 20.5. The number of carbonyl (C=O) groups excluding carboxylic acids is 1. The zero-order chi connectivity index (χ0) is 20.1. The zero-order valence-electron chi connectivity index (χ0n) is 16.1. The van der Waals surface area contributed by atoms with Gasteiger partial charge in [-0.15, -0.1) is 0 Å². The van der Waals surface area contributed by atoms with Crippen molar-refractivity contribution < 1.29 is 18.7 Å². The maximum atomic E-state index is 12.7. The second kappa shape index (κ2) is 9.30. The largest absolute Gasteiger partial charge is 0.493 e. The Balaban J connectivity index is 1.73. The molecular formula is C21H23NO4S2. The Kier molecular flexibility index (Phi) is 6.80. The summed E-state index contributed by atoms with van der Waals surface area (Å²) in [5.41, 5.74) is 0.853. The monoisotopic (exact) mass is 417 g/mol. The van der Waals surface area contributed by atoms with E-state index in [0.29, 0.717) is 45.6 Å². The van der Waals surface area contributed by atoms with Gasteiger partial charge < -0.3 is 13.9 Å². The Morgan fingerprint density at radius 1 is 1.29 bits per heavy atom. The fourth-order valence-electron chi connectivity index (χ4n) is 2.64. The van der Waals surface area contributed by atoms with Crippen molar-refractivity contribution in [3.63, 3.8) is 0 Å².